The summed E-state index contributed by atoms with van der Waals surface area (Å²) in [6.45, 7) is 2.38. The second kappa shape index (κ2) is 6.09. The van der Waals surface area contributed by atoms with Crippen LogP contribution >= 0.6 is 15.9 Å². The lowest BCUT2D eigenvalue weighted by atomic mass is 9.98. The first-order valence-corrected chi connectivity index (χ1v) is 7.17. The smallest absolute Gasteiger partial charge is 0.146 e. The van der Waals surface area contributed by atoms with Crippen molar-refractivity contribution in [3.8, 4) is 0 Å². The van der Waals surface area contributed by atoms with E-state index in [9.17, 15) is 13.6 Å². The van der Waals surface area contributed by atoms with Crippen molar-refractivity contribution in [2.45, 2.75) is 38.8 Å². The second-order valence-corrected chi connectivity index (χ2v) is 5.77. The molecule has 2 nitrogen and oxygen atoms in total. The first kappa shape index (κ1) is 14.6. The van der Waals surface area contributed by atoms with Crippen molar-refractivity contribution in [1.29, 1.82) is 0 Å². The van der Waals surface area contributed by atoms with E-state index in [-0.39, 0.29) is 28.4 Å². The summed E-state index contributed by atoms with van der Waals surface area (Å²) in [5.41, 5.74) is 0.0301. The van der Waals surface area contributed by atoms with E-state index in [1.54, 1.807) is 0 Å². The van der Waals surface area contributed by atoms with Crippen LogP contribution in [0.3, 0.4) is 0 Å². The van der Waals surface area contributed by atoms with Gasteiger partial charge in [-0.05, 0) is 54.4 Å². The number of halogens is 3. The van der Waals surface area contributed by atoms with Crippen molar-refractivity contribution in [2.75, 3.05) is 6.54 Å². The van der Waals surface area contributed by atoms with Gasteiger partial charge in [0.1, 0.15) is 17.4 Å². The van der Waals surface area contributed by atoms with E-state index in [2.05, 4.69) is 15.9 Å². The van der Waals surface area contributed by atoms with Crippen LogP contribution in [0.1, 0.15) is 31.7 Å². The average molecular weight is 332 g/mol. The van der Waals surface area contributed by atoms with Crippen molar-refractivity contribution >= 4 is 21.7 Å². The lowest BCUT2D eigenvalue weighted by Crippen LogP contribution is -2.43. The largest absolute Gasteiger partial charge is 0.298 e. The molecule has 1 fully saturated rings. The van der Waals surface area contributed by atoms with Crippen molar-refractivity contribution in [2.24, 2.45) is 0 Å². The Balaban J connectivity index is 2.24. The first-order chi connectivity index (χ1) is 9.00. The highest BCUT2D eigenvalue weighted by Crippen LogP contribution is 2.26. The van der Waals surface area contributed by atoms with E-state index in [0.29, 0.717) is 6.54 Å². The predicted octanol–water partition coefficient (Wildman–Crippen LogP) is 3.67. The van der Waals surface area contributed by atoms with Crippen molar-refractivity contribution < 1.29 is 13.6 Å². The average Bonchev–Trinajstić information content (AvgIpc) is 2.39. The number of piperidine rings is 1. The summed E-state index contributed by atoms with van der Waals surface area (Å²) in [5, 5.41) is 0. The van der Waals surface area contributed by atoms with Gasteiger partial charge in [-0.3, -0.25) is 9.69 Å². The molecule has 0 N–H and O–H groups in total. The fourth-order valence-electron chi connectivity index (χ4n) is 2.56. The number of hydrogen-bond acceptors (Lipinski definition) is 2. The zero-order valence-corrected chi connectivity index (χ0v) is 12.3. The van der Waals surface area contributed by atoms with Gasteiger partial charge in [0.05, 0.1) is 10.5 Å². The SMILES string of the molecule is CC(=O)C1CCCCN1Cc1c(F)ccc(Br)c1F. The Morgan fingerprint density at radius 2 is 2.16 bits per heavy atom. The molecule has 0 saturated carbocycles. The molecule has 1 heterocycles. The lowest BCUT2D eigenvalue weighted by molar-refractivity contribution is -0.123. The van der Waals surface area contributed by atoms with Crippen LogP contribution < -0.4 is 0 Å². The standard InChI is InChI=1S/C14H16BrF2NO/c1-9(19)13-4-2-3-7-18(13)8-10-12(16)6-5-11(15)14(10)17/h5-6,13H,2-4,7-8H2,1H3. The third-order valence-corrected chi connectivity index (χ3v) is 4.20. The zero-order chi connectivity index (χ0) is 14.0. The second-order valence-electron chi connectivity index (χ2n) is 4.91. The molecule has 0 amide bonds. The number of carbonyl (C=O) groups is 1. The number of rotatable bonds is 3. The fraction of sp³-hybridized carbons (Fsp3) is 0.500. The van der Waals surface area contributed by atoms with Crippen molar-refractivity contribution in [1.82, 2.24) is 4.90 Å². The molecule has 0 aliphatic carbocycles. The summed E-state index contributed by atoms with van der Waals surface area (Å²) < 4.78 is 27.9. The van der Waals surface area contributed by atoms with Gasteiger partial charge in [0.25, 0.3) is 0 Å². The number of benzene rings is 1. The molecule has 1 unspecified atom stereocenters. The number of likely N-dealkylation sites (tertiary alicyclic amines) is 1. The third kappa shape index (κ3) is 3.20. The van der Waals surface area contributed by atoms with E-state index >= 15 is 0 Å². The van der Waals surface area contributed by atoms with Gasteiger partial charge in [-0.25, -0.2) is 8.78 Å². The van der Waals surface area contributed by atoms with Gasteiger partial charge < -0.3 is 0 Å². The topological polar surface area (TPSA) is 20.3 Å². The Morgan fingerprint density at radius 3 is 2.84 bits per heavy atom. The first-order valence-electron chi connectivity index (χ1n) is 6.37. The maximum absolute atomic E-state index is 13.9. The van der Waals surface area contributed by atoms with E-state index in [1.165, 1.54) is 19.1 Å². The van der Waals surface area contributed by atoms with Gasteiger partial charge in [0, 0.05) is 12.1 Å². The number of Topliss-reactive ketones (excluding diaryl/α,β-unsaturated/α-hetero) is 1. The van der Waals surface area contributed by atoms with Gasteiger partial charge in [0.2, 0.25) is 0 Å². The summed E-state index contributed by atoms with van der Waals surface area (Å²) in [7, 11) is 0. The Bertz CT molecular complexity index is 493. The monoisotopic (exact) mass is 331 g/mol. The molecule has 0 radical (unpaired) electrons. The van der Waals surface area contributed by atoms with Crippen molar-refractivity contribution in [3.63, 3.8) is 0 Å². The van der Waals surface area contributed by atoms with E-state index < -0.39 is 11.6 Å². The molecule has 104 valence electrons. The van der Waals surface area contributed by atoms with Crippen LogP contribution in [0.2, 0.25) is 0 Å². The maximum atomic E-state index is 13.9. The van der Waals surface area contributed by atoms with Crippen LogP contribution in [0.25, 0.3) is 0 Å². The fourth-order valence-corrected chi connectivity index (χ4v) is 2.93. The zero-order valence-electron chi connectivity index (χ0n) is 10.8. The number of nitrogens with zero attached hydrogens (tertiary/aromatic N) is 1. The summed E-state index contributed by atoms with van der Waals surface area (Å²) >= 11 is 3.06. The molecule has 1 atom stereocenters. The van der Waals surface area contributed by atoms with E-state index in [0.717, 1.165) is 19.3 Å². The van der Waals surface area contributed by atoms with Gasteiger partial charge in [-0.1, -0.05) is 6.42 Å². The highest BCUT2D eigenvalue weighted by molar-refractivity contribution is 9.10. The summed E-state index contributed by atoms with van der Waals surface area (Å²) in [4.78, 5) is 13.5. The maximum Gasteiger partial charge on any atom is 0.146 e. The number of carbonyl (C=O) groups excluding carboxylic acids is 1. The molecule has 1 aliphatic heterocycles. The van der Waals surface area contributed by atoms with Crippen LogP contribution in [-0.4, -0.2) is 23.3 Å². The van der Waals surface area contributed by atoms with Gasteiger partial charge in [-0.15, -0.1) is 0 Å². The molecular weight excluding hydrogens is 316 g/mol. The Morgan fingerprint density at radius 1 is 1.42 bits per heavy atom. The molecular formula is C14H16BrF2NO. The highest BCUT2D eigenvalue weighted by Gasteiger charge is 2.27. The Labute approximate surface area is 119 Å². The van der Waals surface area contributed by atoms with Crippen LogP contribution in [0.4, 0.5) is 8.78 Å². The van der Waals surface area contributed by atoms with Crippen LogP contribution in [0, 0.1) is 11.6 Å². The molecule has 0 aromatic heterocycles. The number of ketones is 1. The van der Waals surface area contributed by atoms with Crippen LogP contribution in [0.15, 0.2) is 16.6 Å². The van der Waals surface area contributed by atoms with Gasteiger partial charge >= 0.3 is 0 Å². The Hall–Kier alpha value is -0.810. The van der Waals surface area contributed by atoms with Gasteiger partial charge in [-0.2, -0.15) is 0 Å². The quantitative estimate of drug-likeness (QED) is 0.787. The molecule has 1 aromatic carbocycles. The molecule has 19 heavy (non-hydrogen) atoms. The number of hydrogen-bond donors (Lipinski definition) is 0. The molecule has 2 rings (SSSR count). The summed E-state index contributed by atoms with van der Waals surface area (Å²) in [6, 6.07) is 2.38. The minimum absolute atomic E-state index is 0.0301. The summed E-state index contributed by atoms with van der Waals surface area (Å²) in [6.07, 6.45) is 2.72. The lowest BCUT2D eigenvalue weighted by Gasteiger charge is -2.34. The molecule has 1 aromatic rings. The minimum atomic E-state index is -0.576. The molecule has 1 aliphatic rings. The highest BCUT2D eigenvalue weighted by atomic mass is 79.9. The van der Waals surface area contributed by atoms with E-state index in [1.807, 2.05) is 4.90 Å². The Kier molecular flexibility index (Phi) is 4.68. The van der Waals surface area contributed by atoms with E-state index in [4.69, 9.17) is 0 Å². The predicted molar refractivity (Wildman–Crippen MR) is 72.8 cm³/mol. The molecule has 0 spiro atoms. The minimum Gasteiger partial charge on any atom is -0.298 e. The molecule has 0 bridgehead atoms. The van der Waals surface area contributed by atoms with Crippen molar-refractivity contribution in [3.05, 3.63) is 33.8 Å². The normalized spacial score (nSPS) is 20.5. The van der Waals surface area contributed by atoms with Crippen LogP contribution in [-0.2, 0) is 11.3 Å². The molecule has 1 saturated heterocycles. The third-order valence-electron chi connectivity index (χ3n) is 3.58. The van der Waals surface area contributed by atoms with Gasteiger partial charge in [0.15, 0.2) is 0 Å². The molecule has 5 heteroatoms. The summed E-state index contributed by atoms with van der Waals surface area (Å²) in [5.74, 6) is -1.07. The van der Waals surface area contributed by atoms with Crippen LogP contribution in [0.5, 0.6) is 0 Å².